The standard InChI is InChI=1S/C14H21NO3/c1-3-8-18-9-4-7-15-12-5-6-13(14(16)17)11(2)10-12/h5-6,10,15H,3-4,7-9H2,1-2H3,(H,16,17). The van der Waals surface area contributed by atoms with Crippen molar-refractivity contribution in [2.75, 3.05) is 25.1 Å². The monoisotopic (exact) mass is 251 g/mol. The quantitative estimate of drug-likeness (QED) is 0.697. The molecule has 2 N–H and O–H groups in total. The minimum Gasteiger partial charge on any atom is -0.478 e. The van der Waals surface area contributed by atoms with Gasteiger partial charge in [-0.1, -0.05) is 6.92 Å². The van der Waals surface area contributed by atoms with Crippen molar-refractivity contribution >= 4 is 11.7 Å². The average molecular weight is 251 g/mol. The average Bonchev–Trinajstić information content (AvgIpc) is 2.33. The zero-order valence-corrected chi connectivity index (χ0v) is 11.0. The molecule has 0 saturated carbocycles. The van der Waals surface area contributed by atoms with Crippen LogP contribution in [-0.2, 0) is 4.74 Å². The van der Waals surface area contributed by atoms with Crippen LogP contribution in [0.5, 0.6) is 0 Å². The number of hydrogen-bond donors (Lipinski definition) is 2. The zero-order chi connectivity index (χ0) is 13.4. The minimum absolute atomic E-state index is 0.354. The van der Waals surface area contributed by atoms with E-state index in [0.717, 1.165) is 43.9 Å². The molecule has 4 nitrogen and oxygen atoms in total. The number of carboxylic acids is 1. The van der Waals surface area contributed by atoms with E-state index in [1.165, 1.54) is 0 Å². The lowest BCUT2D eigenvalue weighted by Crippen LogP contribution is -2.07. The third kappa shape index (κ3) is 4.75. The molecule has 0 aliphatic rings. The molecule has 4 heteroatoms. The fourth-order valence-corrected chi connectivity index (χ4v) is 1.67. The van der Waals surface area contributed by atoms with Crippen LogP contribution in [0, 0.1) is 6.92 Å². The van der Waals surface area contributed by atoms with Crippen molar-refractivity contribution in [3.8, 4) is 0 Å². The van der Waals surface area contributed by atoms with Gasteiger partial charge in [0.15, 0.2) is 0 Å². The van der Waals surface area contributed by atoms with E-state index in [0.29, 0.717) is 5.56 Å². The molecule has 1 aromatic carbocycles. The largest absolute Gasteiger partial charge is 0.478 e. The molecule has 18 heavy (non-hydrogen) atoms. The highest BCUT2D eigenvalue weighted by atomic mass is 16.5. The fourth-order valence-electron chi connectivity index (χ4n) is 1.67. The SMILES string of the molecule is CCCOCCCNc1ccc(C(=O)O)c(C)c1. The third-order valence-electron chi connectivity index (χ3n) is 2.60. The van der Waals surface area contributed by atoms with Crippen LogP contribution in [0.2, 0.25) is 0 Å². The van der Waals surface area contributed by atoms with Gasteiger partial charge >= 0.3 is 5.97 Å². The topological polar surface area (TPSA) is 58.6 Å². The number of hydrogen-bond acceptors (Lipinski definition) is 3. The normalized spacial score (nSPS) is 10.3. The molecule has 0 atom stereocenters. The molecule has 1 aromatic rings. The number of benzene rings is 1. The van der Waals surface area contributed by atoms with Gasteiger partial charge in [0.25, 0.3) is 0 Å². The van der Waals surface area contributed by atoms with Crippen LogP contribution in [0.4, 0.5) is 5.69 Å². The Morgan fingerprint density at radius 2 is 2.17 bits per heavy atom. The number of ether oxygens (including phenoxy) is 1. The van der Waals surface area contributed by atoms with Gasteiger partial charge in [-0.05, 0) is 43.5 Å². The van der Waals surface area contributed by atoms with Gasteiger partial charge in [0, 0.05) is 25.4 Å². The first-order chi connectivity index (χ1) is 8.65. The van der Waals surface area contributed by atoms with Crippen molar-refractivity contribution in [1.82, 2.24) is 0 Å². The molecule has 0 spiro atoms. The molecule has 0 radical (unpaired) electrons. The van der Waals surface area contributed by atoms with Crippen LogP contribution in [0.1, 0.15) is 35.7 Å². The molecule has 0 fully saturated rings. The second kappa shape index (κ2) is 7.71. The Bertz CT molecular complexity index is 391. The molecule has 0 aliphatic carbocycles. The first kappa shape index (κ1) is 14.5. The third-order valence-corrected chi connectivity index (χ3v) is 2.60. The summed E-state index contributed by atoms with van der Waals surface area (Å²) in [7, 11) is 0. The van der Waals surface area contributed by atoms with Crippen LogP contribution in [0.3, 0.4) is 0 Å². The van der Waals surface area contributed by atoms with E-state index in [4.69, 9.17) is 9.84 Å². The van der Waals surface area contributed by atoms with Gasteiger partial charge in [-0.15, -0.1) is 0 Å². The van der Waals surface area contributed by atoms with Gasteiger partial charge in [-0.2, -0.15) is 0 Å². The molecule has 0 heterocycles. The predicted molar refractivity (Wildman–Crippen MR) is 72.4 cm³/mol. The molecule has 100 valence electrons. The van der Waals surface area contributed by atoms with Gasteiger partial charge < -0.3 is 15.2 Å². The van der Waals surface area contributed by atoms with Crippen LogP contribution in [-0.4, -0.2) is 30.8 Å². The van der Waals surface area contributed by atoms with Gasteiger partial charge in [0.2, 0.25) is 0 Å². The lowest BCUT2D eigenvalue weighted by molar-refractivity contribution is 0.0696. The summed E-state index contributed by atoms with van der Waals surface area (Å²) in [6.07, 6.45) is 1.99. The molecule has 0 aromatic heterocycles. The summed E-state index contributed by atoms with van der Waals surface area (Å²) in [5, 5.41) is 12.2. The van der Waals surface area contributed by atoms with E-state index >= 15 is 0 Å². The smallest absolute Gasteiger partial charge is 0.335 e. The minimum atomic E-state index is -0.882. The maximum atomic E-state index is 10.9. The van der Waals surface area contributed by atoms with E-state index in [-0.39, 0.29) is 0 Å². The number of rotatable bonds is 8. The summed E-state index contributed by atoms with van der Waals surface area (Å²) in [5.74, 6) is -0.882. The maximum absolute atomic E-state index is 10.9. The molecule has 0 unspecified atom stereocenters. The summed E-state index contributed by atoms with van der Waals surface area (Å²) in [5.41, 5.74) is 2.08. The van der Waals surface area contributed by atoms with Crippen LogP contribution >= 0.6 is 0 Å². The van der Waals surface area contributed by atoms with Crippen LogP contribution < -0.4 is 5.32 Å². The summed E-state index contributed by atoms with van der Waals surface area (Å²) in [6, 6.07) is 5.29. The second-order valence-corrected chi connectivity index (χ2v) is 4.23. The Kier molecular flexibility index (Phi) is 6.22. The Morgan fingerprint density at radius 3 is 2.78 bits per heavy atom. The van der Waals surface area contributed by atoms with Crippen molar-refractivity contribution in [2.24, 2.45) is 0 Å². The van der Waals surface area contributed by atoms with E-state index in [1.54, 1.807) is 19.1 Å². The van der Waals surface area contributed by atoms with Crippen LogP contribution in [0.25, 0.3) is 0 Å². The molecular weight excluding hydrogens is 230 g/mol. The van der Waals surface area contributed by atoms with Crippen molar-refractivity contribution in [3.63, 3.8) is 0 Å². The van der Waals surface area contributed by atoms with Crippen molar-refractivity contribution in [2.45, 2.75) is 26.7 Å². The second-order valence-electron chi connectivity index (χ2n) is 4.23. The van der Waals surface area contributed by atoms with Gasteiger partial charge in [-0.3, -0.25) is 0 Å². The summed E-state index contributed by atoms with van der Waals surface area (Å²) >= 11 is 0. The van der Waals surface area contributed by atoms with Crippen molar-refractivity contribution in [3.05, 3.63) is 29.3 Å². The van der Waals surface area contributed by atoms with Crippen molar-refractivity contribution in [1.29, 1.82) is 0 Å². The number of aromatic carboxylic acids is 1. The van der Waals surface area contributed by atoms with Gasteiger partial charge in [0.05, 0.1) is 5.56 Å². The molecular formula is C14H21NO3. The summed E-state index contributed by atoms with van der Waals surface area (Å²) in [4.78, 5) is 10.9. The first-order valence-corrected chi connectivity index (χ1v) is 6.30. The number of aryl methyl sites for hydroxylation is 1. The lowest BCUT2D eigenvalue weighted by atomic mass is 10.1. The molecule has 0 saturated heterocycles. The van der Waals surface area contributed by atoms with E-state index in [9.17, 15) is 4.79 Å². The number of nitrogens with one attached hydrogen (secondary N) is 1. The highest BCUT2D eigenvalue weighted by Gasteiger charge is 2.06. The predicted octanol–water partition coefficient (Wildman–Crippen LogP) is 2.92. The molecule has 0 aliphatic heterocycles. The van der Waals surface area contributed by atoms with E-state index in [2.05, 4.69) is 12.2 Å². The Hall–Kier alpha value is -1.55. The Morgan fingerprint density at radius 1 is 1.39 bits per heavy atom. The van der Waals surface area contributed by atoms with Crippen LogP contribution in [0.15, 0.2) is 18.2 Å². The summed E-state index contributed by atoms with van der Waals surface area (Å²) in [6.45, 7) is 6.29. The highest BCUT2D eigenvalue weighted by Crippen LogP contribution is 2.15. The number of anilines is 1. The van der Waals surface area contributed by atoms with Gasteiger partial charge in [0.1, 0.15) is 0 Å². The zero-order valence-electron chi connectivity index (χ0n) is 11.0. The highest BCUT2D eigenvalue weighted by molar-refractivity contribution is 5.89. The van der Waals surface area contributed by atoms with E-state index in [1.807, 2.05) is 6.07 Å². The fraction of sp³-hybridized carbons (Fsp3) is 0.500. The summed E-state index contributed by atoms with van der Waals surface area (Å²) < 4.78 is 5.38. The molecule has 0 bridgehead atoms. The first-order valence-electron chi connectivity index (χ1n) is 6.30. The number of carboxylic acid groups (broad SMARTS) is 1. The molecule has 1 rings (SSSR count). The number of carbonyl (C=O) groups is 1. The van der Waals surface area contributed by atoms with E-state index < -0.39 is 5.97 Å². The van der Waals surface area contributed by atoms with Crippen molar-refractivity contribution < 1.29 is 14.6 Å². The Labute approximate surface area is 108 Å². The Balaban J connectivity index is 2.35. The lowest BCUT2D eigenvalue weighted by Gasteiger charge is -2.09. The molecule has 0 amide bonds. The van der Waals surface area contributed by atoms with Gasteiger partial charge in [-0.25, -0.2) is 4.79 Å². The maximum Gasteiger partial charge on any atom is 0.335 e.